The van der Waals surface area contributed by atoms with Crippen molar-refractivity contribution in [2.75, 3.05) is 6.54 Å². The molecule has 1 heterocycles. The SMILES string of the molecule is NC1CCC2C(CCCN2Cc2ccccc2)C1. The highest BCUT2D eigenvalue weighted by Crippen LogP contribution is 2.35. The number of hydrogen-bond donors (Lipinski definition) is 1. The van der Waals surface area contributed by atoms with Crippen LogP contribution in [0, 0.1) is 5.92 Å². The number of likely N-dealkylation sites (tertiary alicyclic amines) is 1. The first kappa shape index (κ1) is 12.2. The molecule has 1 aliphatic heterocycles. The third kappa shape index (κ3) is 2.60. The summed E-state index contributed by atoms with van der Waals surface area (Å²) in [4.78, 5) is 2.70. The van der Waals surface area contributed by atoms with Crippen LogP contribution in [0.2, 0.25) is 0 Å². The molecule has 0 radical (unpaired) electrons. The first-order valence-electron chi connectivity index (χ1n) is 7.36. The van der Waals surface area contributed by atoms with Crippen molar-refractivity contribution in [3.8, 4) is 0 Å². The van der Waals surface area contributed by atoms with Crippen molar-refractivity contribution in [1.29, 1.82) is 0 Å². The first-order chi connectivity index (χ1) is 8.83. The van der Waals surface area contributed by atoms with Gasteiger partial charge in [-0.25, -0.2) is 0 Å². The highest BCUT2D eigenvalue weighted by molar-refractivity contribution is 5.15. The molecule has 1 aliphatic carbocycles. The van der Waals surface area contributed by atoms with Crippen LogP contribution in [0.15, 0.2) is 30.3 Å². The van der Waals surface area contributed by atoms with Gasteiger partial charge in [0.1, 0.15) is 0 Å². The second-order valence-corrected chi connectivity index (χ2v) is 6.00. The third-order valence-corrected chi connectivity index (χ3v) is 4.70. The Balaban J connectivity index is 1.68. The van der Waals surface area contributed by atoms with Gasteiger partial charge in [0.05, 0.1) is 0 Å². The maximum atomic E-state index is 6.12. The minimum Gasteiger partial charge on any atom is -0.328 e. The molecule has 0 spiro atoms. The number of rotatable bonds is 2. The molecule has 1 saturated carbocycles. The number of benzene rings is 1. The highest BCUT2D eigenvalue weighted by Gasteiger charge is 2.35. The predicted octanol–water partition coefficient (Wildman–Crippen LogP) is 2.78. The van der Waals surface area contributed by atoms with Gasteiger partial charge in [-0.05, 0) is 50.1 Å². The van der Waals surface area contributed by atoms with Crippen molar-refractivity contribution in [3.63, 3.8) is 0 Å². The fourth-order valence-electron chi connectivity index (χ4n) is 3.81. The van der Waals surface area contributed by atoms with Gasteiger partial charge in [0.15, 0.2) is 0 Å². The molecular formula is C16H24N2. The van der Waals surface area contributed by atoms with E-state index in [4.69, 9.17) is 5.73 Å². The van der Waals surface area contributed by atoms with Crippen molar-refractivity contribution in [3.05, 3.63) is 35.9 Å². The number of nitrogens with two attached hydrogens (primary N) is 1. The molecular weight excluding hydrogens is 220 g/mol. The van der Waals surface area contributed by atoms with E-state index in [-0.39, 0.29) is 0 Å². The maximum Gasteiger partial charge on any atom is 0.0236 e. The van der Waals surface area contributed by atoms with Gasteiger partial charge in [0.25, 0.3) is 0 Å². The number of nitrogens with zero attached hydrogens (tertiary/aromatic N) is 1. The Morgan fingerprint density at radius 2 is 1.94 bits per heavy atom. The summed E-state index contributed by atoms with van der Waals surface area (Å²) in [6.45, 7) is 2.39. The molecule has 3 rings (SSSR count). The van der Waals surface area contributed by atoms with Gasteiger partial charge < -0.3 is 5.73 Å². The molecule has 2 heteroatoms. The van der Waals surface area contributed by atoms with Crippen LogP contribution < -0.4 is 5.73 Å². The lowest BCUT2D eigenvalue weighted by Gasteiger charge is -2.45. The molecule has 0 amide bonds. The Bertz CT molecular complexity index is 376. The third-order valence-electron chi connectivity index (χ3n) is 4.70. The largest absolute Gasteiger partial charge is 0.328 e. The van der Waals surface area contributed by atoms with Crippen LogP contribution >= 0.6 is 0 Å². The standard InChI is InChI=1S/C16H24N2/c17-15-8-9-16-14(11-15)7-4-10-18(16)12-13-5-2-1-3-6-13/h1-3,5-6,14-16H,4,7-12,17H2. The minimum absolute atomic E-state index is 0.461. The zero-order chi connectivity index (χ0) is 12.4. The van der Waals surface area contributed by atoms with Crippen LogP contribution in [0.25, 0.3) is 0 Å². The Hall–Kier alpha value is -0.860. The quantitative estimate of drug-likeness (QED) is 0.867. The first-order valence-corrected chi connectivity index (χ1v) is 7.36. The van der Waals surface area contributed by atoms with Crippen molar-refractivity contribution >= 4 is 0 Å². The summed E-state index contributed by atoms with van der Waals surface area (Å²) in [5.74, 6) is 0.853. The smallest absolute Gasteiger partial charge is 0.0236 e. The van der Waals surface area contributed by atoms with E-state index in [9.17, 15) is 0 Å². The molecule has 2 aliphatic rings. The Labute approximate surface area is 110 Å². The van der Waals surface area contributed by atoms with Crippen molar-refractivity contribution < 1.29 is 0 Å². The van der Waals surface area contributed by atoms with Crippen LogP contribution in [0.3, 0.4) is 0 Å². The van der Waals surface area contributed by atoms with Gasteiger partial charge in [0.2, 0.25) is 0 Å². The number of hydrogen-bond acceptors (Lipinski definition) is 2. The summed E-state index contributed by atoms with van der Waals surface area (Å²) >= 11 is 0. The molecule has 98 valence electrons. The molecule has 2 N–H and O–H groups in total. The number of piperidine rings is 1. The Kier molecular flexibility index (Phi) is 3.67. The van der Waals surface area contributed by atoms with E-state index >= 15 is 0 Å². The van der Waals surface area contributed by atoms with Crippen molar-refractivity contribution in [1.82, 2.24) is 4.90 Å². The van der Waals surface area contributed by atoms with Crippen LogP contribution in [0.4, 0.5) is 0 Å². The van der Waals surface area contributed by atoms with Gasteiger partial charge in [0, 0.05) is 18.6 Å². The molecule has 3 atom stereocenters. The highest BCUT2D eigenvalue weighted by atomic mass is 15.2. The molecule has 2 nitrogen and oxygen atoms in total. The molecule has 1 aromatic rings. The van der Waals surface area contributed by atoms with E-state index in [1.165, 1.54) is 44.2 Å². The van der Waals surface area contributed by atoms with Gasteiger partial charge in [-0.15, -0.1) is 0 Å². The average molecular weight is 244 g/mol. The van der Waals surface area contributed by atoms with Gasteiger partial charge in [-0.1, -0.05) is 30.3 Å². The fourth-order valence-corrected chi connectivity index (χ4v) is 3.81. The van der Waals surface area contributed by atoms with Crippen LogP contribution in [0.1, 0.15) is 37.7 Å². The molecule has 3 unspecified atom stereocenters. The van der Waals surface area contributed by atoms with Crippen molar-refractivity contribution in [2.45, 2.75) is 50.7 Å². The molecule has 1 aromatic carbocycles. The second-order valence-electron chi connectivity index (χ2n) is 6.00. The predicted molar refractivity (Wildman–Crippen MR) is 75.2 cm³/mol. The van der Waals surface area contributed by atoms with Crippen LogP contribution in [0.5, 0.6) is 0 Å². The fraction of sp³-hybridized carbons (Fsp3) is 0.625. The Morgan fingerprint density at radius 3 is 2.78 bits per heavy atom. The second kappa shape index (κ2) is 5.41. The van der Waals surface area contributed by atoms with Gasteiger partial charge >= 0.3 is 0 Å². The normalized spacial score (nSPS) is 33.1. The van der Waals surface area contributed by atoms with Crippen LogP contribution in [-0.2, 0) is 6.54 Å². The van der Waals surface area contributed by atoms with E-state index in [1.54, 1.807) is 0 Å². The monoisotopic (exact) mass is 244 g/mol. The minimum atomic E-state index is 0.461. The summed E-state index contributed by atoms with van der Waals surface area (Å²) in [5, 5.41) is 0. The molecule has 1 saturated heterocycles. The van der Waals surface area contributed by atoms with Gasteiger partial charge in [-0.3, -0.25) is 4.90 Å². The molecule has 18 heavy (non-hydrogen) atoms. The zero-order valence-electron chi connectivity index (χ0n) is 11.1. The zero-order valence-corrected chi connectivity index (χ0v) is 11.1. The summed E-state index contributed by atoms with van der Waals surface area (Å²) in [6, 6.07) is 12.1. The summed E-state index contributed by atoms with van der Waals surface area (Å²) < 4.78 is 0. The van der Waals surface area contributed by atoms with Crippen LogP contribution in [-0.4, -0.2) is 23.5 Å². The average Bonchev–Trinajstić information content (AvgIpc) is 2.40. The topological polar surface area (TPSA) is 29.3 Å². The Morgan fingerprint density at radius 1 is 1.11 bits per heavy atom. The van der Waals surface area contributed by atoms with Crippen molar-refractivity contribution in [2.24, 2.45) is 11.7 Å². The molecule has 0 bridgehead atoms. The lowest BCUT2D eigenvalue weighted by molar-refractivity contribution is 0.0488. The van der Waals surface area contributed by atoms with Gasteiger partial charge in [-0.2, -0.15) is 0 Å². The van der Waals surface area contributed by atoms with E-state index in [0.717, 1.165) is 18.5 Å². The molecule has 2 fully saturated rings. The lowest BCUT2D eigenvalue weighted by Crippen LogP contribution is -2.49. The summed E-state index contributed by atoms with van der Waals surface area (Å²) in [7, 11) is 0. The maximum absolute atomic E-state index is 6.12. The summed E-state index contributed by atoms with van der Waals surface area (Å²) in [5.41, 5.74) is 7.57. The van der Waals surface area contributed by atoms with E-state index < -0.39 is 0 Å². The number of fused-ring (bicyclic) bond motifs is 1. The van der Waals surface area contributed by atoms with E-state index in [0.29, 0.717) is 6.04 Å². The van der Waals surface area contributed by atoms with E-state index in [2.05, 4.69) is 35.2 Å². The lowest BCUT2D eigenvalue weighted by atomic mass is 9.76. The summed E-state index contributed by atoms with van der Waals surface area (Å²) in [6.07, 6.45) is 6.51. The van der Waals surface area contributed by atoms with E-state index in [1.807, 2.05) is 0 Å². The molecule has 0 aromatic heterocycles.